The number of nitrogens with zero attached hydrogens (tertiary/aromatic N) is 4. The molecule has 0 aliphatic rings. The van der Waals surface area contributed by atoms with Gasteiger partial charge >= 0.3 is 0 Å². The summed E-state index contributed by atoms with van der Waals surface area (Å²) in [5.74, 6) is 0.979. The van der Waals surface area contributed by atoms with Crippen LogP contribution < -0.4 is 5.73 Å². The summed E-state index contributed by atoms with van der Waals surface area (Å²) in [6.45, 7) is 0.421. The SMILES string of the molecule is Cn1cccc1-n1cc(CN)nn1. The lowest BCUT2D eigenvalue weighted by atomic mass is 10.5. The minimum Gasteiger partial charge on any atom is -0.336 e. The second-order valence-corrected chi connectivity index (χ2v) is 2.84. The van der Waals surface area contributed by atoms with Crippen molar-refractivity contribution in [3.63, 3.8) is 0 Å². The fourth-order valence-electron chi connectivity index (χ4n) is 1.19. The molecule has 13 heavy (non-hydrogen) atoms. The van der Waals surface area contributed by atoms with Gasteiger partial charge < -0.3 is 10.3 Å². The van der Waals surface area contributed by atoms with Crippen LogP contribution in [0.25, 0.3) is 5.82 Å². The van der Waals surface area contributed by atoms with Gasteiger partial charge in [0.25, 0.3) is 0 Å². The van der Waals surface area contributed by atoms with E-state index in [-0.39, 0.29) is 0 Å². The first-order valence-electron chi connectivity index (χ1n) is 4.04. The number of hydrogen-bond acceptors (Lipinski definition) is 3. The van der Waals surface area contributed by atoms with Gasteiger partial charge in [0.1, 0.15) is 5.82 Å². The van der Waals surface area contributed by atoms with Crippen LogP contribution in [0.5, 0.6) is 0 Å². The number of hydrogen-bond donors (Lipinski definition) is 1. The Kier molecular flexibility index (Phi) is 1.86. The molecule has 2 rings (SSSR count). The van der Waals surface area contributed by atoms with Crippen molar-refractivity contribution in [1.29, 1.82) is 0 Å². The van der Waals surface area contributed by atoms with Crippen molar-refractivity contribution < 1.29 is 0 Å². The maximum Gasteiger partial charge on any atom is 0.135 e. The second-order valence-electron chi connectivity index (χ2n) is 2.84. The van der Waals surface area contributed by atoms with Gasteiger partial charge in [-0.15, -0.1) is 5.10 Å². The molecule has 0 bridgehead atoms. The Morgan fingerprint density at radius 3 is 2.92 bits per heavy atom. The molecule has 0 aliphatic heterocycles. The highest BCUT2D eigenvalue weighted by Crippen LogP contribution is 2.05. The molecular weight excluding hydrogens is 166 g/mol. The van der Waals surface area contributed by atoms with Gasteiger partial charge in [-0.05, 0) is 12.1 Å². The Morgan fingerprint density at radius 2 is 2.38 bits per heavy atom. The molecule has 0 aromatic carbocycles. The van der Waals surface area contributed by atoms with Gasteiger partial charge in [0.2, 0.25) is 0 Å². The van der Waals surface area contributed by atoms with Crippen molar-refractivity contribution in [2.45, 2.75) is 6.54 Å². The Balaban J connectivity index is 2.41. The van der Waals surface area contributed by atoms with Crippen molar-refractivity contribution in [1.82, 2.24) is 19.6 Å². The van der Waals surface area contributed by atoms with Crippen LogP contribution in [0.1, 0.15) is 5.69 Å². The van der Waals surface area contributed by atoms with Crippen LogP contribution in [0.2, 0.25) is 0 Å². The zero-order valence-corrected chi connectivity index (χ0v) is 7.38. The Morgan fingerprint density at radius 1 is 1.54 bits per heavy atom. The lowest BCUT2D eigenvalue weighted by Crippen LogP contribution is -2.01. The lowest BCUT2D eigenvalue weighted by molar-refractivity contribution is 0.734. The average molecular weight is 177 g/mol. The van der Waals surface area contributed by atoms with Gasteiger partial charge in [0, 0.05) is 19.8 Å². The molecule has 68 valence electrons. The third-order valence-electron chi connectivity index (χ3n) is 1.90. The number of aromatic nitrogens is 4. The fraction of sp³-hybridized carbons (Fsp3) is 0.250. The highest BCUT2D eigenvalue weighted by atomic mass is 15.4. The molecule has 0 saturated heterocycles. The summed E-state index contributed by atoms with van der Waals surface area (Å²) in [6, 6.07) is 3.92. The Bertz CT molecular complexity index is 400. The molecule has 0 spiro atoms. The van der Waals surface area contributed by atoms with Gasteiger partial charge in [-0.2, -0.15) is 0 Å². The van der Waals surface area contributed by atoms with E-state index in [0.717, 1.165) is 11.5 Å². The van der Waals surface area contributed by atoms with E-state index in [1.54, 1.807) is 4.68 Å². The van der Waals surface area contributed by atoms with Crippen LogP contribution in [0.15, 0.2) is 24.5 Å². The molecule has 2 N–H and O–H groups in total. The smallest absolute Gasteiger partial charge is 0.135 e. The molecule has 0 fully saturated rings. The Labute approximate surface area is 75.8 Å². The largest absolute Gasteiger partial charge is 0.336 e. The van der Waals surface area contributed by atoms with Gasteiger partial charge in [0.05, 0.1) is 11.9 Å². The van der Waals surface area contributed by atoms with E-state index in [1.165, 1.54) is 0 Å². The summed E-state index contributed by atoms with van der Waals surface area (Å²) in [4.78, 5) is 0. The summed E-state index contributed by atoms with van der Waals surface area (Å²) in [5, 5.41) is 7.86. The second kappa shape index (κ2) is 3.02. The quantitative estimate of drug-likeness (QED) is 0.705. The van der Waals surface area contributed by atoms with Crippen molar-refractivity contribution >= 4 is 0 Å². The predicted molar refractivity (Wildman–Crippen MR) is 48.2 cm³/mol. The van der Waals surface area contributed by atoms with Crippen molar-refractivity contribution in [3.8, 4) is 5.82 Å². The summed E-state index contributed by atoms with van der Waals surface area (Å²) in [7, 11) is 1.96. The molecule has 2 aromatic heterocycles. The molecule has 0 saturated carbocycles. The van der Waals surface area contributed by atoms with E-state index >= 15 is 0 Å². The zero-order chi connectivity index (χ0) is 9.26. The predicted octanol–water partition coefficient (Wildman–Crippen LogP) is 0.0645. The average Bonchev–Trinajstić information content (AvgIpc) is 2.71. The van der Waals surface area contributed by atoms with Crippen LogP contribution in [0.4, 0.5) is 0 Å². The molecule has 0 atom stereocenters. The zero-order valence-electron chi connectivity index (χ0n) is 7.38. The number of rotatable bonds is 2. The molecule has 5 heteroatoms. The maximum atomic E-state index is 5.43. The monoisotopic (exact) mass is 177 g/mol. The van der Waals surface area contributed by atoms with Crippen LogP contribution >= 0.6 is 0 Å². The van der Waals surface area contributed by atoms with Gasteiger partial charge in [-0.3, -0.25) is 0 Å². The highest BCUT2D eigenvalue weighted by Gasteiger charge is 2.02. The molecule has 0 amide bonds. The van der Waals surface area contributed by atoms with Crippen LogP contribution in [-0.4, -0.2) is 19.6 Å². The van der Waals surface area contributed by atoms with Crippen LogP contribution in [-0.2, 0) is 13.6 Å². The molecule has 2 heterocycles. The van der Waals surface area contributed by atoms with E-state index in [4.69, 9.17) is 5.73 Å². The van der Waals surface area contributed by atoms with Gasteiger partial charge in [0.15, 0.2) is 0 Å². The summed E-state index contributed by atoms with van der Waals surface area (Å²) < 4.78 is 3.68. The summed E-state index contributed by atoms with van der Waals surface area (Å²) in [6.07, 6.45) is 3.79. The first-order valence-corrected chi connectivity index (χ1v) is 4.04. The first kappa shape index (κ1) is 8.00. The fourth-order valence-corrected chi connectivity index (χ4v) is 1.19. The van der Waals surface area contributed by atoms with Crippen LogP contribution in [0.3, 0.4) is 0 Å². The molecule has 0 radical (unpaired) electrons. The normalized spacial score (nSPS) is 10.6. The van der Waals surface area contributed by atoms with E-state index < -0.39 is 0 Å². The van der Waals surface area contributed by atoms with Crippen molar-refractivity contribution in [3.05, 3.63) is 30.2 Å². The topological polar surface area (TPSA) is 61.7 Å². The number of nitrogens with two attached hydrogens (primary N) is 1. The van der Waals surface area contributed by atoms with Gasteiger partial charge in [-0.25, -0.2) is 4.68 Å². The van der Waals surface area contributed by atoms with Gasteiger partial charge in [-0.1, -0.05) is 5.21 Å². The number of aryl methyl sites for hydroxylation is 1. The molecule has 0 unspecified atom stereocenters. The van der Waals surface area contributed by atoms with Crippen LogP contribution in [0, 0.1) is 0 Å². The third-order valence-corrected chi connectivity index (χ3v) is 1.90. The molecule has 5 nitrogen and oxygen atoms in total. The Hall–Kier alpha value is -1.62. The molecule has 0 aliphatic carbocycles. The first-order chi connectivity index (χ1) is 6.31. The minimum atomic E-state index is 0.421. The standard InChI is InChI=1S/C8H11N5/c1-12-4-2-3-8(12)13-6-7(5-9)10-11-13/h2-4,6H,5,9H2,1H3. The lowest BCUT2D eigenvalue weighted by Gasteiger charge is -1.99. The van der Waals surface area contributed by atoms with E-state index in [0.29, 0.717) is 6.54 Å². The van der Waals surface area contributed by atoms with Crippen molar-refractivity contribution in [2.75, 3.05) is 0 Å². The summed E-state index contributed by atoms with van der Waals surface area (Å²) in [5.41, 5.74) is 6.22. The highest BCUT2D eigenvalue weighted by molar-refractivity contribution is 5.23. The van der Waals surface area contributed by atoms with E-state index in [2.05, 4.69) is 10.3 Å². The van der Waals surface area contributed by atoms with E-state index in [9.17, 15) is 0 Å². The molecule has 2 aromatic rings. The summed E-state index contributed by atoms with van der Waals surface area (Å²) >= 11 is 0. The van der Waals surface area contributed by atoms with E-state index in [1.807, 2.05) is 36.1 Å². The van der Waals surface area contributed by atoms with Crippen molar-refractivity contribution in [2.24, 2.45) is 12.8 Å². The maximum absolute atomic E-state index is 5.43. The minimum absolute atomic E-state index is 0.421. The molecular formula is C8H11N5. The third kappa shape index (κ3) is 1.33.